The molecule has 0 aliphatic carbocycles. The summed E-state index contributed by atoms with van der Waals surface area (Å²) in [6, 6.07) is 9.46. The molecule has 0 aliphatic heterocycles. The molecule has 0 unspecified atom stereocenters. The fourth-order valence-corrected chi connectivity index (χ4v) is 7.13. The molecule has 0 saturated carbocycles. The maximum atomic E-state index is 2.50. The summed E-state index contributed by atoms with van der Waals surface area (Å²) in [5.74, 6) is 8.66. The molecular formula is C22H34GeN+. The van der Waals surface area contributed by atoms with Gasteiger partial charge in [-0.3, -0.25) is 0 Å². The Balaban J connectivity index is 2.68. The molecule has 2 heteroatoms. The number of aryl methyl sites for hydroxylation is 2. The van der Waals surface area contributed by atoms with Gasteiger partial charge in [0.1, 0.15) is 0 Å². The molecule has 2 rings (SSSR count). The van der Waals surface area contributed by atoms with E-state index in [1.54, 1.807) is 4.40 Å². The van der Waals surface area contributed by atoms with Gasteiger partial charge in [0.05, 0.1) is 0 Å². The van der Waals surface area contributed by atoms with Crippen molar-refractivity contribution in [3.63, 3.8) is 0 Å². The standard InChI is InChI=1S/C22H34GeN/c1-15(2)18-10-11-19(17(5)12-18)22-13-21(23(6,7)8)20(16(3)4)14-24(22)9/h10-16H,1-9H3/q+1. The van der Waals surface area contributed by atoms with Crippen LogP contribution in [0.4, 0.5) is 0 Å². The zero-order valence-corrected chi connectivity index (χ0v) is 19.1. The zero-order chi connectivity index (χ0) is 18.2. The third-order valence-electron chi connectivity index (χ3n) is 4.93. The van der Waals surface area contributed by atoms with E-state index in [0.29, 0.717) is 11.8 Å². The van der Waals surface area contributed by atoms with Crippen LogP contribution < -0.4 is 8.96 Å². The predicted octanol–water partition coefficient (Wildman–Crippen LogP) is 5.28. The second kappa shape index (κ2) is 7.03. The van der Waals surface area contributed by atoms with Gasteiger partial charge in [-0.15, -0.1) is 0 Å². The van der Waals surface area contributed by atoms with E-state index < -0.39 is 13.3 Å². The van der Waals surface area contributed by atoms with Gasteiger partial charge in [-0.25, -0.2) is 0 Å². The predicted molar refractivity (Wildman–Crippen MR) is 109 cm³/mol. The van der Waals surface area contributed by atoms with Gasteiger partial charge in [0.15, 0.2) is 0 Å². The van der Waals surface area contributed by atoms with Crippen molar-refractivity contribution in [1.82, 2.24) is 0 Å². The summed E-state index contributed by atoms with van der Waals surface area (Å²) in [5.41, 5.74) is 7.05. The molecule has 0 radical (unpaired) electrons. The Hall–Kier alpha value is -1.09. The van der Waals surface area contributed by atoms with Crippen LogP contribution in [-0.4, -0.2) is 13.3 Å². The molecule has 24 heavy (non-hydrogen) atoms. The van der Waals surface area contributed by atoms with Gasteiger partial charge in [-0.2, -0.15) is 0 Å². The van der Waals surface area contributed by atoms with Crippen molar-refractivity contribution < 1.29 is 4.57 Å². The molecule has 0 N–H and O–H groups in total. The maximum absolute atomic E-state index is 2.50. The Labute approximate surface area is 151 Å². The van der Waals surface area contributed by atoms with E-state index in [0.717, 1.165) is 0 Å². The second-order valence-electron chi connectivity index (χ2n) is 8.77. The first-order valence-electron chi connectivity index (χ1n) is 9.17. The van der Waals surface area contributed by atoms with Crippen molar-refractivity contribution in [2.45, 2.75) is 63.7 Å². The number of benzene rings is 1. The van der Waals surface area contributed by atoms with E-state index in [1.807, 2.05) is 0 Å². The normalized spacial score (nSPS) is 12.3. The summed E-state index contributed by atoms with van der Waals surface area (Å²) >= 11 is -1.92. The van der Waals surface area contributed by atoms with Crippen LogP contribution in [0.15, 0.2) is 30.5 Å². The van der Waals surface area contributed by atoms with E-state index >= 15 is 0 Å². The first-order chi connectivity index (χ1) is 11.0. The monoisotopic (exact) mass is 386 g/mol. The summed E-state index contributed by atoms with van der Waals surface area (Å²) in [7, 11) is 2.19. The van der Waals surface area contributed by atoms with E-state index in [4.69, 9.17) is 0 Å². The number of nitrogens with zero attached hydrogens (tertiary/aromatic N) is 1. The number of hydrogen-bond donors (Lipinski definition) is 0. The van der Waals surface area contributed by atoms with Crippen molar-refractivity contribution in [2.75, 3.05) is 0 Å². The molecule has 2 aromatic rings. The van der Waals surface area contributed by atoms with Crippen molar-refractivity contribution in [3.05, 3.63) is 47.2 Å². The van der Waals surface area contributed by atoms with Crippen molar-refractivity contribution in [2.24, 2.45) is 7.05 Å². The van der Waals surface area contributed by atoms with Crippen LogP contribution >= 0.6 is 0 Å². The van der Waals surface area contributed by atoms with Crippen LogP contribution in [0, 0.1) is 6.92 Å². The summed E-state index contributed by atoms with van der Waals surface area (Å²) in [5, 5.41) is 0. The Morgan fingerprint density at radius 3 is 2.00 bits per heavy atom. The summed E-state index contributed by atoms with van der Waals surface area (Å²) < 4.78 is 3.97. The molecule has 0 spiro atoms. The average Bonchev–Trinajstić information content (AvgIpc) is 2.45. The quantitative estimate of drug-likeness (QED) is 0.498. The fourth-order valence-electron chi connectivity index (χ4n) is 3.38. The molecule has 130 valence electrons. The van der Waals surface area contributed by atoms with Crippen LogP contribution in [-0.2, 0) is 7.05 Å². The van der Waals surface area contributed by atoms with E-state index in [1.165, 1.54) is 27.9 Å². The molecule has 0 amide bonds. The van der Waals surface area contributed by atoms with Crippen LogP contribution in [0.5, 0.6) is 0 Å². The summed E-state index contributed by atoms with van der Waals surface area (Å²) in [6.45, 7) is 11.4. The van der Waals surface area contributed by atoms with Crippen molar-refractivity contribution >= 4 is 17.7 Å². The van der Waals surface area contributed by atoms with Gasteiger partial charge in [0, 0.05) is 0 Å². The molecule has 0 saturated heterocycles. The molecule has 1 nitrogen and oxygen atoms in total. The molecular weight excluding hydrogens is 351 g/mol. The summed E-state index contributed by atoms with van der Waals surface area (Å²) in [4.78, 5) is 0. The van der Waals surface area contributed by atoms with E-state index in [2.05, 4.69) is 94.0 Å². The Morgan fingerprint density at radius 1 is 0.917 bits per heavy atom. The number of pyridine rings is 1. The first kappa shape index (κ1) is 19.2. The Bertz CT molecular complexity index is 736. The van der Waals surface area contributed by atoms with Gasteiger partial charge < -0.3 is 0 Å². The minimum atomic E-state index is -1.92. The van der Waals surface area contributed by atoms with Crippen LogP contribution in [0.3, 0.4) is 0 Å². The molecule has 0 atom stereocenters. The number of hydrogen-bond acceptors (Lipinski definition) is 0. The van der Waals surface area contributed by atoms with E-state index in [-0.39, 0.29) is 0 Å². The zero-order valence-electron chi connectivity index (χ0n) is 17.0. The topological polar surface area (TPSA) is 3.88 Å². The Kier molecular flexibility index (Phi) is 5.64. The third kappa shape index (κ3) is 3.93. The van der Waals surface area contributed by atoms with Crippen LogP contribution in [0.2, 0.25) is 17.3 Å². The van der Waals surface area contributed by atoms with Crippen LogP contribution in [0.1, 0.15) is 56.2 Å². The minimum absolute atomic E-state index is 0.578. The molecule has 1 aromatic carbocycles. The fraction of sp³-hybridized carbons (Fsp3) is 0.500. The van der Waals surface area contributed by atoms with Crippen molar-refractivity contribution in [3.8, 4) is 11.3 Å². The molecule has 1 heterocycles. The third-order valence-corrected chi connectivity index (χ3v) is 9.23. The van der Waals surface area contributed by atoms with Gasteiger partial charge in [-0.1, -0.05) is 0 Å². The number of aromatic nitrogens is 1. The van der Waals surface area contributed by atoms with Crippen LogP contribution in [0.25, 0.3) is 11.3 Å². The SMILES string of the molecule is Cc1cc(C(C)C)ccc1-c1c[c]([Ge]([CH3])([CH3])[CH3])c(C(C)C)c[n+]1C. The van der Waals surface area contributed by atoms with Gasteiger partial charge >= 0.3 is 151 Å². The average molecular weight is 385 g/mol. The summed E-state index contributed by atoms with van der Waals surface area (Å²) in [6.07, 6.45) is 2.38. The Morgan fingerprint density at radius 2 is 1.54 bits per heavy atom. The first-order valence-corrected chi connectivity index (χ1v) is 16.5. The van der Waals surface area contributed by atoms with E-state index in [9.17, 15) is 0 Å². The van der Waals surface area contributed by atoms with Gasteiger partial charge in [-0.05, 0) is 0 Å². The van der Waals surface area contributed by atoms with Gasteiger partial charge in [0.2, 0.25) is 0 Å². The van der Waals surface area contributed by atoms with Gasteiger partial charge in [0.25, 0.3) is 0 Å². The molecule has 1 aromatic heterocycles. The number of rotatable bonds is 4. The van der Waals surface area contributed by atoms with Crippen molar-refractivity contribution in [1.29, 1.82) is 0 Å². The molecule has 0 bridgehead atoms. The molecule has 0 aliphatic rings. The molecule has 0 fully saturated rings. The second-order valence-corrected chi connectivity index (χ2v) is 19.3.